The Morgan fingerprint density at radius 1 is 1.50 bits per heavy atom. The third kappa shape index (κ3) is 1.55. The maximum Gasteiger partial charge on any atom is 0.195 e. The summed E-state index contributed by atoms with van der Waals surface area (Å²) >= 11 is 0. The molecule has 1 rings (SSSR count). The molecule has 0 N–H and O–H groups in total. The summed E-state index contributed by atoms with van der Waals surface area (Å²) in [5, 5.41) is 0. The predicted molar refractivity (Wildman–Crippen MR) is 47.2 cm³/mol. The van der Waals surface area contributed by atoms with Gasteiger partial charge in [0.05, 0.1) is 0 Å². The molecule has 0 atom stereocenters. The van der Waals surface area contributed by atoms with E-state index in [0.29, 0.717) is 5.82 Å². The van der Waals surface area contributed by atoms with Crippen molar-refractivity contribution in [2.45, 2.75) is 33.2 Å². The third-order valence-electron chi connectivity index (χ3n) is 1.68. The number of nitrogens with zero attached hydrogens (tertiary/aromatic N) is 2. The zero-order chi connectivity index (χ0) is 9.35. The number of carbonyl (C=O) groups is 1. The molecule has 0 aliphatic carbocycles. The van der Waals surface area contributed by atoms with Crippen LogP contribution in [0.15, 0.2) is 12.4 Å². The SMILES string of the molecule is CC(=O)c1nccn1C(C)(C)C. The molecule has 0 bridgehead atoms. The molecule has 12 heavy (non-hydrogen) atoms. The van der Waals surface area contributed by atoms with E-state index in [1.54, 1.807) is 6.20 Å². The van der Waals surface area contributed by atoms with Crippen LogP contribution in [0.4, 0.5) is 0 Å². The van der Waals surface area contributed by atoms with E-state index < -0.39 is 0 Å². The molecule has 0 aliphatic heterocycles. The van der Waals surface area contributed by atoms with Gasteiger partial charge in [-0.05, 0) is 20.8 Å². The first-order chi connectivity index (χ1) is 5.43. The number of imidazole rings is 1. The molecule has 0 saturated carbocycles. The summed E-state index contributed by atoms with van der Waals surface area (Å²) in [4.78, 5) is 15.1. The molecule has 66 valence electrons. The van der Waals surface area contributed by atoms with Gasteiger partial charge in [0.1, 0.15) is 0 Å². The molecule has 0 saturated heterocycles. The zero-order valence-corrected chi connectivity index (χ0v) is 7.96. The molecule has 1 aromatic heterocycles. The van der Waals surface area contributed by atoms with Gasteiger partial charge in [0, 0.05) is 24.9 Å². The molecular weight excluding hydrogens is 152 g/mol. The molecular formula is C9H14N2O. The van der Waals surface area contributed by atoms with Crippen molar-refractivity contribution in [3.05, 3.63) is 18.2 Å². The Morgan fingerprint density at radius 2 is 2.08 bits per heavy atom. The van der Waals surface area contributed by atoms with Crippen LogP contribution in [-0.4, -0.2) is 15.3 Å². The van der Waals surface area contributed by atoms with Gasteiger partial charge in [0.2, 0.25) is 0 Å². The topological polar surface area (TPSA) is 34.9 Å². The van der Waals surface area contributed by atoms with Crippen LogP contribution in [0.2, 0.25) is 0 Å². The van der Waals surface area contributed by atoms with E-state index in [4.69, 9.17) is 0 Å². The van der Waals surface area contributed by atoms with Gasteiger partial charge in [0.25, 0.3) is 0 Å². The van der Waals surface area contributed by atoms with Crippen molar-refractivity contribution >= 4 is 5.78 Å². The van der Waals surface area contributed by atoms with Crippen LogP contribution in [0.3, 0.4) is 0 Å². The van der Waals surface area contributed by atoms with Crippen molar-refractivity contribution < 1.29 is 4.79 Å². The first kappa shape index (κ1) is 8.97. The first-order valence-electron chi connectivity index (χ1n) is 3.97. The normalized spacial score (nSPS) is 11.7. The lowest BCUT2D eigenvalue weighted by Crippen LogP contribution is -2.24. The van der Waals surface area contributed by atoms with Crippen molar-refractivity contribution in [3.63, 3.8) is 0 Å². The molecule has 0 unspecified atom stereocenters. The summed E-state index contributed by atoms with van der Waals surface area (Å²) in [5.74, 6) is 0.539. The monoisotopic (exact) mass is 166 g/mol. The third-order valence-corrected chi connectivity index (χ3v) is 1.68. The van der Waals surface area contributed by atoms with Crippen LogP contribution in [-0.2, 0) is 5.54 Å². The predicted octanol–water partition coefficient (Wildman–Crippen LogP) is 1.84. The lowest BCUT2D eigenvalue weighted by atomic mass is 10.1. The highest BCUT2D eigenvalue weighted by atomic mass is 16.1. The molecule has 0 radical (unpaired) electrons. The fraction of sp³-hybridized carbons (Fsp3) is 0.556. The largest absolute Gasteiger partial charge is 0.323 e. The van der Waals surface area contributed by atoms with Gasteiger partial charge in [-0.15, -0.1) is 0 Å². The first-order valence-corrected chi connectivity index (χ1v) is 3.97. The van der Waals surface area contributed by atoms with E-state index in [-0.39, 0.29) is 11.3 Å². The molecule has 3 nitrogen and oxygen atoms in total. The van der Waals surface area contributed by atoms with Gasteiger partial charge in [0.15, 0.2) is 11.6 Å². The van der Waals surface area contributed by atoms with Gasteiger partial charge in [-0.3, -0.25) is 4.79 Å². The summed E-state index contributed by atoms with van der Waals surface area (Å²) in [6.07, 6.45) is 3.48. The molecule has 0 spiro atoms. The van der Waals surface area contributed by atoms with Crippen LogP contribution in [0, 0.1) is 0 Å². The quantitative estimate of drug-likeness (QED) is 0.597. The molecule has 0 fully saturated rings. The van der Waals surface area contributed by atoms with Crippen LogP contribution in [0.5, 0.6) is 0 Å². The molecule has 1 aromatic rings. The van der Waals surface area contributed by atoms with Crippen molar-refractivity contribution in [3.8, 4) is 0 Å². The Balaban J connectivity index is 3.17. The minimum atomic E-state index is -0.0719. The Kier molecular flexibility index (Phi) is 2.04. The molecule has 0 aromatic carbocycles. The van der Waals surface area contributed by atoms with Gasteiger partial charge < -0.3 is 4.57 Å². The van der Waals surface area contributed by atoms with Crippen molar-refractivity contribution in [1.29, 1.82) is 0 Å². The lowest BCUT2D eigenvalue weighted by Gasteiger charge is -2.22. The van der Waals surface area contributed by atoms with E-state index >= 15 is 0 Å². The van der Waals surface area contributed by atoms with E-state index in [0.717, 1.165) is 0 Å². The Bertz CT molecular complexity index is 294. The average molecular weight is 166 g/mol. The van der Waals surface area contributed by atoms with Gasteiger partial charge in [-0.2, -0.15) is 0 Å². The zero-order valence-electron chi connectivity index (χ0n) is 7.96. The smallest absolute Gasteiger partial charge is 0.195 e. The highest BCUT2D eigenvalue weighted by Gasteiger charge is 2.18. The van der Waals surface area contributed by atoms with Gasteiger partial charge in [-0.1, -0.05) is 0 Å². The second kappa shape index (κ2) is 2.73. The maximum absolute atomic E-state index is 11.1. The maximum atomic E-state index is 11.1. The number of Topliss-reactive ketones (excluding diaryl/α,β-unsaturated/α-hetero) is 1. The summed E-state index contributed by atoms with van der Waals surface area (Å²) in [7, 11) is 0. The van der Waals surface area contributed by atoms with E-state index in [1.165, 1.54) is 6.92 Å². The van der Waals surface area contributed by atoms with E-state index in [1.807, 2.05) is 31.5 Å². The van der Waals surface area contributed by atoms with E-state index in [9.17, 15) is 4.79 Å². The minimum absolute atomic E-state index is 0.00919. The number of rotatable bonds is 1. The summed E-state index contributed by atoms with van der Waals surface area (Å²) in [5.41, 5.74) is -0.0719. The fourth-order valence-corrected chi connectivity index (χ4v) is 1.11. The number of ketones is 1. The number of hydrogen-bond acceptors (Lipinski definition) is 2. The molecule has 1 heterocycles. The van der Waals surface area contributed by atoms with Crippen LogP contribution in [0.25, 0.3) is 0 Å². The van der Waals surface area contributed by atoms with Crippen molar-refractivity contribution in [2.75, 3.05) is 0 Å². The summed E-state index contributed by atoms with van der Waals surface area (Å²) in [6.45, 7) is 7.66. The van der Waals surface area contributed by atoms with Crippen molar-refractivity contribution in [1.82, 2.24) is 9.55 Å². The number of carbonyl (C=O) groups excluding carboxylic acids is 1. The van der Waals surface area contributed by atoms with Crippen LogP contribution >= 0.6 is 0 Å². The summed E-state index contributed by atoms with van der Waals surface area (Å²) < 4.78 is 1.88. The Hall–Kier alpha value is -1.12. The standard InChI is InChI=1S/C9H14N2O/c1-7(12)8-10-5-6-11(8)9(2,3)4/h5-6H,1-4H3. The highest BCUT2D eigenvalue weighted by Crippen LogP contribution is 2.15. The lowest BCUT2D eigenvalue weighted by molar-refractivity contribution is 0.0993. The van der Waals surface area contributed by atoms with E-state index in [2.05, 4.69) is 4.98 Å². The van der Waals surface area contributed by atoms with Gasteiger partial charge >= 0.3 is 0 Å². The molecule has 0 amide bonds. The Morgan fingerprint density at radius 3 is 2.42 bits per heavy atom. The van der Waals surface area contributed by atoms with Crippen LogP contribution < -0.4 is 0 Å². The average Bonchev–Trinajstić information content (AvgIpc) is 2.30. The number of aromatic nitrogens is 2. The minimum Gasteiger partial charge on any atom is -0.323 e. The van der Waals surface area contributed by atoms with Crippen molar-refractivity contribution in [2.24, 2.45) is 0 Å². The molecule has 0 aliphatic rings. The number of hydrogen-bond donors (Lipinski definition) is 0. The highest BCUT2D eigenvalue weighted by molar-refractivity contribution is 5.90. The second-order valence-electron chi connectivity index (χ2n) is 3.85. The van der Waals surface area contributed by atoms with Crippen LogP contribution in [0.1, 0.15) is 38.3 Å². The Labute approximate surface area is 72.4 Å². The summed E-state index contributed by atoms with van der Waals surface area (Å²) in [6, 6.07) is 0. The second-order valence-corrected chi connectivity index (χ2v) is 3.85. The fourth-order valence-electron chi connectivity index (χ4n) is 1.11. The molecule has 3 heteroatoms. The van der Waals surface area contributed by atoms with Gasteiger partial charge in [-0.25, -0.2) is 4.98 Å².